The Labute approximate surface area is 229 Å². The zero-order valence-electron chi connectivity index (χ0n) is 25.4. The van der Waals surface area contributed by atoms with Crippen LogP contribution in [-0.4, -0.2) is 29.1 Å². The van der Waals surface area contributed by atoms with Gasteiger partial charge in [-0.1, -0.05) is 162 Å². The lowest BCUT2D eigenvalue weighted by atomic mass is 10.0. The fourth-order valence-corrected chi connectivity index (χ4v) is 5.83. The monoisotopic (exact) mass is 505 g/mol. The van der Waals surface area contributed by atoms with Crippen LogP contribution >= 0.6 is 0 Å². The molecule has 0 N–H and O–H groups in total. The van der Waals surface area contributed by atoms with Crippen molar-refractivity contribution in [2.24, 2.45) is 0 Å². The summed E-state index contributed by atoms with van der Waals surface area (Å²) < 4.78 is 0. The van der Waals surface area contributed by atoms with Crippen molar-refractivity contribution >= 4 is 0 Å². The van der Waals surface area contributed by atoms with Gasteiger partial charge in [0, 0.05) is 25.5 Å². The summed E-state index contributed by atoms with van der Waals surface area (Å²) in [6.45, 7) is 9.45. The third-order valence-electron chi connectivity index (χ3n) is 8.32. The third-order valence-corrected chi connectivity index (χ3v) is 8.32. The highest BCUT2D eigenvalue weighted by molar-refractivity contribution is 4.97. The molecule has 0 aliphatic carbocycles. The van der Waals surface area contributed by atoms with E-state index in [1.54, 1.807) is 0 Å². The number of rotatable bonds is 28. The van der Waals surface area contributed by atoms with Crippen LogP contribution in [0.1, 0.15) is 188 Å². The summed E-state index contributed by atoms with van der Waals surface area (Å²) in [5.41, 5.74) is 0. The fraction of sp³-hybridized carbons (Fsp3) is 0.941. The minimum atomic E-state index is 0.642. The van der Waals surface area contributed by atoms with Gasteiger partial charge in [-0.2, -0.15) is 0 Å². The molecule has 0 saturated heterocycles. The van der Waals surface area contributed by atoms with Crippen molar-refractivity contribution in [2.45, 2.75) is 194 Å². The Morgan fingerprint density at radius 1 is 0.361 bits per heavy atom. The Morgan fingerprint density at radius 2 is 0.639 bits per heavy atom. The van der Waals surface area contributed by atoms with E-state index in [2.05, 4.69) is 43.0 Å². The molecule has 214 valence electrons. The Morgan fingerprint density at radius 3 is 1.03 bits per heavy atom. The van der Waals surface area contributed by atoms with Gasteiger partial charge in [0.2, 0.25) is 0 Å². The van der Waals surface area contributed by atoms with E-state index in [0.29, 0.717) is 6.17 Å². The average Bonchev–Trinajstić information content (AvgIpc) is 3.27. The summed E-state index contributed by atoms with van der Waals surface area (Å²) in [5.74, 6) is 0. The lowest BCUT2D eigenvalue weighted by molar-refractivity contribution is 0.135. The van der Waals surface area contributed by atoms with E-state index in [4.69, 9.17) is 0 Å². The second kappa shape index (κ2) is 26.0. The Balaban J connectivity index is 2.12. The molecular formula is C34H68N2. The van der Waals surface area contributed by atoms with Crippen LogP contribution in [0.15, 0.2) is 12.4 Å². The second-order valence-electron chi connectivity index (χ2n) is 11.8. The standard InChI is InChI=1S/C34H68N2/c1-4-7-10-12-14-16-17-18-19-21-23-25-28-31-36-33-32-35(30-27-9-6-3)34(36)29-26-24-22-20-15-13-11-8-5-2/h32-34H,4-31H2,1-3H3. The number of hydrogen-bond donors (Lipinski definition) is 0. The normalized spacial score (nSPS) is 15.5. The van der Waals surface area contributed by atoms with Crippen LogP contribution in [0, 0.1) is 0 Å². The molecule has 1 atom stereocenters. The summed E-state index contributed by atoms with van der Waals surface area (Å²) in [5, 5.41) is 0. The zero-order chi connectivity index (χ0) is 25.9. The van der Waals surface area contributed by atoms with Crippen molar-refractivity contribution in [1.29, 1.82) is 0 Å². The first-order valence-corrected chi connectivity index (χ1v) is 17.0. The lowest BCUT2D eigenvalue weighted by Crippen LogP contribution is -2.39. The number of nitrogens with zero attached hydrogens (tertiary/aromatic N) is 2. The maximum absolute atomic E-state index is 2.69. The molecule has 0 fully saturated rings. The van der Waals surface area contributed by atoms with Crippen LogP contribution < -0.4 is 0 Å². The van der Waals surface area contributed by atoms with E-state index < -0.39 is 0 Å². The van der Waals surface area contributed by atoms with Gasteiger partial charge in [-0.3, -0.25) is 0 Å². The van der Waals surface area contributed by atoms with Gasteiger partial charge in [0.05, 0.1) is 0 Å². The molecule has 0 aromatic rings. The van der Waals surface area contributed by atoms with E-state index >= 15 is 0 Å². The van der Waals surface area contributed by atoms with Crippen LogP contribution in [0.25, 0.3) is 0 Å². The molecule has 1 rings (SSSR count). The van der Waals surface area contributed by atoms with E-state index in [0.717, 1.165) is 0 Å². The van der Waals surface area contributed by atoms with Gasteiger partial charge in [-0.05, 0) is 25.7 Å². The van der Waals surface area contributed by atoms with E-state index in [1.807, 2.05) is 0 Å². The smallest absolute Gasteiger partial charge is 0.101 e. The van der Waals surface area contributed by atoms with Gasteiger partial charge >= 0.3 is 0 Å². The van der Waals surface area contributed by atoms with Crippen molar-refractivity contribution in [1.82, 2.24) is 9.80 Å². The Hall–Kier alpha value is -0.660. The van der Waals surface area contributed by atoms with E-state index in [1.165, 1.54) is 180 Å². The van der Waals surface area contributed by atoms with Gasteiger partial charge in [-0.15, -0.1) is 0 Å². The van der Waals surface area contributed by atoms with Crippen molar-refractivity contribution in [3.05, 3.63) is 12.4 Å². The SMILES string of the molecule is CCCCCCCCCCCCCCCN1C=CN(CCCCC)C1CCCCCCCCCCC. The van der Waals surface area contributed by atoms with E-state index in [9.17, 15) is 0 Å². The van der Waals surface area contributed by atoms with Gasteiger partial charge in [0.15, 0.2) is 0 Å². The van der Waals surface area contributed by atoms with Crippen molar-refractivity contribution in [3.63, 3.8) is 0 Å². The van der Waals surface area contributed by atoms with Crippen LogP contribution in [0.5, 0.6) is 0 Å². The largest absolute Gasteiger partial charge is 0.356 e. The summed E-state index contributed by atoms with van der Waals surface area (Å²) in [4.78, 5) is 5.36. The molecule has 0 aromatic carbocycles. The highest BCUT2D eigenvalue weighted by atomic mass is 15.4. The molecule has 0 bridgehead atoms. The predicted octanol–water partition coefficient (Wildman–Crippen LogP) is 11.6. The zero-order valence-corrected chi connectivity index (χ0v) is 25.4. The summed E-state index contributed by atoms with van der Waals surface area (Å²) in [7, 11) is 0. The van der Waals surface area contributed by atoms with Crippen molar-refractivity contribution < 1.29 is 0 Å². The lowest BCUT2D eigenvalue weighted by Gasteiger charge is -2.33. The van der Waals surface area contributed by atoms with Crippen molar-refractivity contribution in [3.8, 4) is 0 Å². The second-order valence-corrected chi connectivity index (χ2v) is 11.8. The first-order valence-electron chi connectivity index (χ1n) is 17.0. The molecule has 1 aliphatic heterocycles. The van der Waals surface area contributed by atoms with E-state index in [-0.39, 0.29) is 0 Å². The predicted molar refractivity (Wildman–Crippen MR) is 163 cm³/mol. The topological polar surface area (TPSA) is 6.48 Å². The van der Waals surface area contributed by atoms with Crippen LogP contribution in [0.3, 0.4) is 0 Å². The molecule has 2 heteroatoms. The van der Waals surface area contributed by atoms with Gasteiger partial charge in [0.1, 0.15) is 6.17 Å². The molecule has 0 aromatic heterocycles. The average molecular weight is 505 g/mol. The number of hydrogen-bond acceptors (Lipinski definition) is 2. The molecule has 0 amide bonds. The van der Waals surface area contributed by atoms with Crippen LogP contribution in [-0.2, 0) is 0 Å². The molecule has 1 unspecified atom stereocenters. The third kappa shape index (κ3) is 18.6. The van der Waals surface area contributed by atoms with Crippen molar-refractivity contribution in [2.75, 3.05) is 13.1 Å². The Bertz CT molecular complexity index is 460. The van der Waals surface area contributed by atoms with Crippen LogP contribution in [0.2, 0.25) is 0 Å². The van der Waals surface area contributed by atoms with Gasteiger partial charge < -0.3 is 9.80 Å². The highest BCUT2D eigenvalue weighted by Crippen LogP contribution is 2.24. The number of unbranched alkanes of at least 4 members (excludes halogenated alkanes) is 22. The van der Waals surface area contributed by atoms with Gasteiger partial charge in [0.25, 0.3) is 0 Å². The first-order chi connectivity index (χ1) is 17.8. The molecule has 2 nitrogen and oxygen atoms in total. The van der Waals surface area contributed by atoms with Gasteiger partial charge in [-0.25, -0.2) is 0 Å². The fourth-order valence-electron chi connectivity index (χ4n) is 5.83. The molecule has 1 aliphatic rings. The highest BCUT2D eigenvalue weighted by Gasteiger charge is 2.24. The molecule has 36 heavy (non-hydrogen) atoms. The summed E-state index contributed by atoms with van der Waals surface area (Å²) in [6, 6.07) is 0. The first kappa shape index (κ1) is 33.4. The maximum Gasteiger partial charge on any atom is 0.101 e. The summed E-state index contributed by atoms with van der Waals surface area (Å²) in [6.07, 6.45) is 42.5. The summed E-state index contributed by atoms with van der Waals surface area (Å²) >= 11 is 0. The maximum atomic E-state index is 2.69. The molecule has 0 spiro atoms. The minimum Gasteiger partial charge on any atom is -0.356 e. The molecule has 1 heterocycles. The molecule has 0 saturated carbocycles. The minimum absolute atomic E-state index is 0.642. The Kier molecular flexibility index (Phi) is 24.1. The molecule has 0 radical (unpaired) electrons. The quantitative estimate of drug-likeness (QED) is 0.0977. The van der Waals surface area contributed by atoms with Crippen LogP contribution in [0.4, 0.5) is 0 Å². The molecular weight excluding hydrogens is 436 g/mol.